The van der Waals surface area contributed by atoms with E-state index in [1.165, 1.54) is 6.26 Å². The molecule has 1 rings (SSSR count). The molecule has 1 aromatic heterocycles. The van der Waals surface area contributed by atoms with Crippen molar-refractivity contribution >= 4 is 5.97 Å². The van der Waals surface area contributed by atoms with Crippen molar-refractivity contribution in [1.82, 2.24) is 0 Å². The highest BCUT2D eigenvalue weighted by atomic mass is 16.4. The van der Waals surface area contributed by atoms with Crippen LogP contribution in [-0.2, 0) is 6.42 Å². The van der Waals surface area contributed by atoms with Crippen LogP contribution < -0.4 is 0 Å². The molecule has 0 bridgehead atoms. The summed E-state index contributed by atoms with van der Waals surface area (Å²) in [6, 6.07) is 1.57. The van der Waals surface area contributed by atoms with E-state index < -0.39 is 5.97 Å². The molecule has 0 saturated carbocycles. The number of hydrogen-bond donors (Lipinski definition) is 1. The van der Waals surface area contributed by atoms with Crippen LogP contribution in [0.3, 0.4) is 0 Å². The van der Waals surface area contributed by atoms with Crippen LogP contribution in [0, 0.1) is 5.92 Å². The lowest BCUT2D eigenvalue weighted by Gasteiger charge is -1.98. The third-order valence-corrected chi connectivity index (χ3v) is 1.51. The van der Waals surface area contributed by atoms with Crippen LogP contribution in [0.1, 0.15) is 30.0 Å². The van der Waals surface area contributed by atoms with Gasteiger partial charge in [0, 0.05) is 0 Å². The minimum atomic E-state index is -1.01. The van der Waals surface area contributed by atoms with Gasteiger partial charge in [-0.2, -0.15) is 0 Å². The third-order valence-electron chi connectivity index (χ3n) is 1.51. The third kappa shape index (κ3) is 2.12. The van der Waals surface area contributed by atoms with Crippen molar-refractivity contribution in [1.29, 1.82) is 0 Å². The summed E-state index contributed by atoms with van der Waals surface area (Å²) in [7, 11) is 0. The number of carboxylic acids is 1. The molecule has 12 heavy (non-hydrogen) atoms. The van der Waals surface area contributed by atoms with Crippen molar-refractivity contribution in [2.75, 3.05) is 0 Å². The fourth-order valence-corrected chi connectivity index (χ4v) is 1.07. The Kier molecular flexibility index (Phi) is 2.53. The van der Waals surface area contributed by atoms with Crippen molar-refractivity contribution in [2.24, 2.45) is 5.92 Å². The van der Waals surface area contributed by atoms with Crippen molar-refractivity contribution in [3.63, 3.8) is 0 Å². The SMILES string of the molecule is CC(C)Cc1coc(C(=O)O)c1. The second kappa shape index (κ2) is 3.43. The standard InChI is InChI=1S/C9H12O3/c1-6(2)3-7-4-8(9(10)11)12-5-7/h4-6H,3H2,1-2H3,(H,10,11). The molecule has 0 spiro atoms. The average molecular weight is 168 g/mol. The summed E-state index contributed by atoms with van der Waals surface area (Å²) in [5, 5.41) is 8.54. The first-order chi connectivity index (χ1) is 5.59. The fraction of sp³-hybridized carbons (Fsp3) is 0.444. The average Bonchev–Trinajstić information content (AvgIpc) is 2.34. The highest BCUT2D eigenvalue weighted by Crippen LogP contribution is 2.12. The molecule has 1 N–H and O–H groups in total. The van der Waals surface area contributed by atoms with Gasteiger partial charge in [0.15, 0.2) is 0 Å². The maximum Gasteiger partial charge on any atom is 0.371 e. The molecule has 0 fully saturated rings. The Labute approximate surface area is 71.0 Å². The van der Waals surface area contributed by atoms with Gasteiger partial charge < -0.3 is 9.52 Å². The van der Waals surface area contributed by atoms with Crippen LogP contribution in [0.2, 0.25) is 0 Å². The highest BCUT2D eigenvalue weighted by molar-refractivity contribution is 5.84. The second-order valence-corrected chi connectivity index (χ2v) is 3.22. The summed E-state index contributed by atoms with van der Waals surface area (Å²) in [6.07, 6.45) is 2.36. The number of furan rings is 1. The quantitative estimate of drug-likeness (QED) is 0.752. The van der Waals surface area contributed by atoms with Crippen LogP contribution in [-0.4, -0.2) is 11.1 Å². The zero-order valence-corrected chi connectivity index (χ0v) is 7.20. The minimum Gasteiger partial charge on any atom is -0.475 e. The molecule has 0 aliphatic rings. The molecule has 0 atom stereocenters. The maximum atomic E-state index is 10.4. The molecule has 0 aromatic carbocycles. The van der Waals surface area contributed by atoms with Crippen LogP contribution >= 0.6 is 0 Å². The van der Waals surface area contributed by atoms with Gasteiger partial charge >= 0.3 is 5.97 Å². The van der Waals surface area contributed by atoms with E-state index in [9.17, 15) is 4.79 Å². The molecule has 0 aliphatic carbocycles. The van der Waals surface area contributed by atoms with Crippen molar-refractivity contribution < 1.29 is 14.3 Å². The minimum absolute atomic E-state index is 0.0191. The van der Waals surface area contributed by atoms with E-state index in [2.05, 4.69) is 13.8 Å². The smallest absolute Gasteiger partial charge is 0.371 e. The van der Waals surface area contributed by atoms with Crippen LogP contribution in [0.15, 0.2) is 16.7 Å². The van der Waals surface area contributed by atoms with E-state index >= 15 is 0 Å². The van der Waals surface area contributed by atoms with Gasteiger partial charge in [0.25, 0.3) is 0 Å². The molecule has 0 saturated heterocycles. The molecular formula is C9H12O3. The fourth-order valence-electron chi connectivity index (χ4n) is 1.07. The van der Waals surface area contributed by atoms with E-state index in [1.807, 2.05) is 0 Å². The predicted octanol–water partition coefficient (Wildman–Crippen LogP) is 2.18. The number of carbonyl (C=O) groups is 1. The molecule has 1 aromatic rings. The lowest BCUT2D eigenvalue weighted by atomic mass is 10.1. The molecular weight excluding hydrogens is 156 g/mol. The molecule has 0 amide bonds. The Morgan fingerprint density at radius 3 is 2.75 bits per heavy atom. The van der Waals surface area contributed by atoms with Gasteiger partial charge in [-0.3, -0.25) is 0 Å². The topological polar surface area (TPSA) is 50.4 Å². The first-order valence-corrected chi connectivity index (χ1v) is 3.90. The van der Waals surface area contributed by atoms with Gasteiger partial charge in [0.05, 0.1) is 6.26 Å². The molecule has 3 heteroatoms. The zero-order chi connectivity index (χ0) is 9.14. The van der Waals surface area contributed by atoms with Gasteiger partial charge in [-0.05, 0) is 24.0 Å². The van der Waals surface area contributed by atoms with Gasteiger partial charge in [-0.25, -0.2) is 4.79 Å². The monoisotopic (exact) mass is 168 g/mol. The molecule has 0 radical (unpaired) electrons. The number of aromatic carboxylic acids is 1. The van der Waals surface area contributed by atoms with E-state index in [-0.39, 0.29) is 5.76 Å². The summed E-state index contributed by atoms with van der Waals surface area (Å²) in [5.74, 6) is -0.472. The molecule has 66 valence electrons. The van der Waals surface area contributed by atoms with Gasteiger partial charge in [-0.15, -0.1) is 0 Å². The Morgan fingerprint density at radius 2 is 2.33 bits per heavy atom. The summed E-state index contributed by atoms with van der Waals surface area (Å²) in [5.41, 5.74) is 0.947. The number of rotatable bonds is 3. The lowest BCUT2D eigenvalue weighted by Crippen LogP contribution is -1.94. The van der Waals surface area contributed by atoms with Crippen LogP contribution in [0.5, 0.6) is 0 Å². The maximum absolute atomic E-state index is 10.4. The molecule has 3 nitrogen and oxygen atoms in total. The molecule has 0 unspecified atom stereocenters. The van der Waals surface area contributed by atoms with Crippen molar-refractivity contribution in [3.8, 4) is 0 Å². The van der Waals surface area contributed by atoms with E-state index in [0.29, 0.717) is 5.92 Å². The van der Waals surface area contributed by atoms with Crippen LogP contribution in [0.25, 0.3) is 0 Å². The molecule has 1 heterocycles. The first-order valence-electron chi connectivity index (χ1n) is 3.90. The summed E-state index contributed by atoms with van der Waals surface area (Å²) < 4.78 is 4.83. The highest BCUT2D eigenvalue weighted by Gasteiger charge is 2.09. The Balaban J connectivity index is 2.71. The van der Waals surface area contributed by atoms with Gasteiger partial charge in [-0.1, -0.05) is 13.8 Å². The van der Waals surface area contributed by atoms with E-state index in [0.717, 1.165) is 12.0 Å². The normalized spacial score (nSPS) is 10.6. The lowest BCUT2D eigenvalue weighted by molar-refractivity contribution is 0.0662. The molecule has 0 aliphatic heterocycles. The summed E-state index contributed by atoms with van der Waals surface area (Å²) >= 11 is 0. The van der Waals surface area contributed by atoms with Crippen molar-refractivity contribution in [2.45, 2.75) is 20.3 Å². The second-order valence-electron chi connectivity index (χ2n) is 3.22. The van der Waals surface area contributed by atoms with Gasteiger partial charge in [0.2, 0.25) is 5.76 Å². The van der Waals surface area contributed by atoms with Crippen molar-refractivity contribution in [3.05, 3.63) is 23.7 Å². The Bertz CT molecular complexity index is 273. The number of carboxylic acid groups (broad SMARTS) is 1. The van der Waals surface area contributed by atoms with Crippen LogP contribution in [0.4, 0.5) is 0 Å². The first kappa shape index (κ1) is 8.84. The zero-order valence-electron chi connectivity index (χ0n) is 7.20. The predicted molar refractivity (Wildman–Crippen MR) is 44.2 cm³/mol. The van der Waals surface area contributed by atoms with Gasteiger partial charge in [0.1, 0.15) is 0 Å². The summed E-state index contributed by atoms with van der Waals surface area (Å²) in [6.45, 7) is 4.15. The largest absolute Gasteiger partial charge is 0.475 e. The Hall–Kier alpha value is -1.25. The number of hydrogen-bond acceptors (Lipinski definition) is 2. The Morgan fingerprint density at radius 1 is 1.67 bits per heavy atom. The van der Waals surface area contributed by atoms with E-state index in [1.54, 1.807) is 6.07 Å². The summed E-state index contributed by atoms with van der Waals surface area (Å²) in [4.78, 5) is 10.4. The van der Waals surface area contributed by atoms with E-state index in [4.69, 9.17) is 9.52 Å².